The van der Waals surface area contributed by atoms with E-state index in [9.17, 15) is 9.59 Å². The van der Waals surface area contributed by atoms with Crippen LogP contribution >= 0.6 is 0 Å². The maximum atomic E-state index is 12.7. The molecule has 32 heavy (non-hydrogen) atoms. The Labute approximate surface area is 191 Å². The second-order valence-electron chi connectivity index (χ2n) is 10.8. The second-order valence-corrected chi connectivity index (χ2v) is 10.8. The summed E-state index contributed by atoms with van der Waals surface area (Å²) in [6, 6.07) is -0.439. The first-order valence-corrected chi connectivity index (χ1v) is 11.4. The molecule has 0 bridgehead atoms. The van der Waals surface area contributed by atoms with Gasteiger partial charge in [0.1, 0.15) is 11.6 Å². The number of hydrogen-bond donors (Lipinski definition) is 1. The third-order valence-electron chi connectivity index (χ3n) is 6.40. The molecule has 1 N–H and O–H groups in total. The first kappa shape index (κ1) is 24.6. The van der Waals surface area contributed by atoms with Crippen molar-refractivity contribution in [2.75, 3.05) is 13.1 Å². The number of nitrogens with one attached hydrogen (secondary N) is 1. The maximum absolute atomic E-state index is 12.7. The fraction of sp³-hybridized carbons (Fsp3) is 0.773. The van der Waals surface area contributed by atoms with Gasteiger partial charge in [-0.2, -0.15) is 5.10 Å². The zero-order chi connectivity index (χ0) is 23.9. The first-order chi connectivity index (χ1) is 14.7. The third kappa shape index (κ3) is 5.46. The molecule has 2 saturated heterocycles. The predicted octanol–water partition coefficient (Wildman–Crippen LogP) is 2.26. The topological polar surface area (TPSA) is 94.9 Å². The van der Waals surface area contributed by atoms with Gasteiger partial charge in [-0.05, 0) is 68.2 Å². The molecule has 2 amide bonds. The van der Waals surface area contributed by atoms with E-state index in [1.807, 2.05) is 38.6 Å². The fourth-order valence-electron chi connectivity index (χ4n) is 3.82. The van der Waals surface area contributed by atoms with Crippen molar-refractivity contribution in [3.05, 3.63) is 12.4 Å². The minimum absolute atomic E-state index is 0.104. The summed E-state index contributed by atoms with van der Waals surface area (Å²) in [4.78, 5) is 26.5. The molecule has 3 heterocycles. The lowest BCUT2D eigenvalue weighted by Gasteiger charge is -2.34. The average Bonchev–Trinajstić information content (AvgIpc) is 3.22. The van der Waals surface area contributed by atoms with Gasteiger partial charge in [0.25, 0.3) is 0 Å². The van der Waals surface area contributed by atoms with Crippen molar-refractivity contribution in [3.63, 3.8) is 0 Å². The fourth-order valence-corrected chi connectivity index (χ4v) is 3.82. The number of carbonyl (C=O) groups is 2. The van der Waals surface area contributed by atoms with Gasteiger partial charge in [0.15, 0.2) is 0 Å². The van der Waals surface area contributed by atoms with E-state index in [1.54, 1.807) is 38.8 Å². The summed E-state index contributed by atoms with van der Waals surface area (Å²) in [5, 5.41) is 7.16. The molecular formula is C22H37BN4O5. The summed E-state index contributed by atoms with van der Waals surface area (Å²) in [7, 11) is -0.435. The predicted molar refractivity (Wildman–Crippen MR) is 122 cm³/mol. The van der Waals surface area contributed by atoms with Gasteiger partial charge < -0.3 is 24.3 Å². The van der Waals surface area contributed by atoms with Gasteiger partial charge in [0, 0.05) is 30.9 Å². The summed E-state index contributed by atoms with van der Waals surface area (Å²) < 4.78 is 19.4. The molecule has 0 spiro atoms. The Bertz CT molecular complexity index is 824. The largest absolute Gasteiger partial charge is 0.498 e. The summed E-state index contributed by atoms with van der Waals surface area (Å²) in [5.74, 6) is -0.104. The van der Waals surface area contributed by atoms with Crippen molar-refractivity contribution in [2.24, 2.45) is 0 Å². The minimum atomic E-state index is -0.638. The molecule has 2 aliphatic heterocycles. The highest BCUT2D eigenvalue weighted by atomic mass is 16.7. The molecule has 10 heteroatoms. The highest BCUT2D eigenvalue weighted by Gasteiger charge is 2.52. The molecule has 2 aliphatic rings. The van der Waals surface area contributed by atoms with E-state index >= 15 is 0 Å². The van der Waals surface area contributed by atoms with E-state index in [1.165, 1.54) is 0 Å². The van der Waals surface area contributed by atoms with Crippen LogP contribution in [0, 0.1) is 0 Å². The lowest BCUT2D eigenvalue weighted by molar-refractivity contribution is -0.134. The molecule has 0 aliphatic carbocycles. The van der Waals surface area contributed by atoms with E-state index < -0.39 is 36.1 Å². The molecule has 0 saturated carbocycles. The highest BCUT2D eigenvalue weighted by molar-refractivity contribution is 6.62. The molecule has 3 rings (SSSR count). The van der Waals surface area contributed by atoms with Gasteiger partial charge in [0.05, 0.1) is 17.2 Å². The van der Waals surface area contributed by atoms with Crippen molar-refractivity contribution < 1.29 is 23.6 Å². The normalized spacial score (nSPS) is 22.0. The summed E-state index contributed by atoms with van der Waals surface area (Å²) >= 11 is 0. The van der Waals surface area contributed by atoms with Crippen molar-refractivity contribution in [2.45, 2.75) is 97.1 Å². The Hall–Kier alpha value is -2.07. The van der Waals surface area contributed by atoms with E-state index in [2.05, 4.69) is 10.4 Å². The number of aromatic nitrogens is 2. The smallest absolute Gasteiger partial charge is 0.444 e. The molecule has 0 aromatic carbocycles. The summed E-state index contributed by atoms with van der Waals surface area (Å²) in [5.41, 5.74) is -0.490. The highest BCUT2D eigenvalue weighted by Crippen LogP contribution is 2.36. The lowest BCUT2D eigenvalue weighted by atomic mass is 9.82. The van der Waals surface area contributed by atoms with Crippen LogP contribution in [0.25, 0.3) is 0 Å². The molecule has 1 atom stereocenters. The van der Waals surface area contributed by atoms with Crippen molar-refractivity contribution in [1.29, 1.82) is 0 Å². The number of hydrogen-bond acceptors (Lipinski definition) is 6. The number of rotatable bonds is 4. The van der Waals surface area contributed by atoms with Gasteiger partial charge in [-0.3, -0.25) is 9.48 Å². The van der Waals surface area contributed by atoms with Crippen molar-refractivity contribution in [1.82, 2.24) is 20.0 Å². The number of piperidine rings is 1. The summed E-state index contributed by atoms with van der Waals surface area (Å²) in [6.07, 6.45) is 4.77. The molecule has 1 aromatic rings. The van der Waals surface area contributed by atoms with E-state index in [0.717, 1.165) is 18.3 Å². The number of ether oxygens (including phenoxy) is 1. The molecule has 178 valence electrons. The van der Waals surface area contributed by atoms with Gasteiger partial charge in [-0.1, -0.05) is 0 Å². The van der Waals surface area contributed by atoms with Gasteiger partial charge >= 0.3 is 13.2 Å². The van der Waals surface area contributed by atoms with Crippen LogP contribution in [0.4, 0.5) is 4.79 Å². The molecular weight excluding hydrogens is 411 g/mol. The molecule has 2 fully saturated rings. The van der Waals surface area contributed by atoms with E-state index in [0.29, 0.717) is 13.1 Å². The lowest BCUT2D eigenvalue weighted by Crippen LogP contribution is -2.50. The number of alkyl carbamates (subject to hydrolysis) is 1. The number of nitrogens with zero attached hydrogens (tertiary/aromatic N) is 3. The Balaban J connectivity index is 1.52. The average molecular weight is 448 g/mol. The molecule has 9 nitrogen and oxygen atoms in total. The Kier molecular flexibility index (Phi) is 6.68. The van der Waals surface area contributed by atoms with E-state index in [-0.39, 0.29) is 11.9 Å². The van der Waals surface area contributed by atoms with Crippen LogP contribution < -0.4 is 10.8 Å². The second kappa shape index (κ2) is 8.70. The molecule has 1 aromatic heterocycles. The number of likely N-dealkylation sites (tertiary alicyclic amines) is 1. The number of amides is 2. The SMILES string of the molecule is CC(NC(=O)OC(C)(C)C)C(=O)N1CCC(n2cc(B3OC(C)(C)C(C)(C)O3)cn2)CC1. The zero-order valence-corrected chi connectivity index (χ0v) is 20.6. The van der Waals surface area contributed by atoms with Gasteiger partial charge in [-0.25, -0.2) is 4.79 Å². The van der Waals surface area contributed by atoms with E-state index in [4.69, 9.17) is 14.0 Å². The van der Waals surface area contributed by atoms with Crippen LogP contribution in [-0.2, 0) is 18.8 Å². The quantitative estimate of drug-likeness (QED) is 0.711. The Morgan fingerprint density at radius 1 is 1.19 bits per heavy atom. The van der Waals surface area contributed by atoms with Crippen LogP contribution in [0.3, 0.4) is 0 Å². The van der Waals surface area contributed by atoms with Gasteiger partial charge in [0.2, 0.25) is 5.91 Å². The van der Waals surface area contributed by atoms with Crippen LogP contribution in [0.15, 0.2) is 12.4 Å². The molecule has 1 unspecified atom stereocenters. The number of carbonyl (C=O) groups excluding carboxylic acids is 2. The first-order valence-electron chi connectivity index (χ1n) is 11.4. The van der Waals surface area contributed by atoms with Crippen LogP contribution in [0.1, 0.15) is 74.3 Å². The minimum Gasteiger partial charge on any atom is -0.444 e. The standard InChI is InChI=1S/C22H37BN4O5/c1-15(25-19(29)30-20(2,3)4)18(28)26-11-9-17(10-12-26)27-14-16(13-24-27)23-31-21(5,6)22(7,8)32-23/h13-15,17H,9-12H2,1-8H3,(H,25,29). The maximum Gasteiger partial charge on any atom is 0.498 e. The third-order valence-corrected chi connectivity index (χ3v) is 6.40. The van der Waals surface area contributed by atoms with Crippen molar-refractivity contribution in [3.8, 4) is 0 Å². The van der Waals surface area contributed by atoms with Crippen molar-refractivity contribution >= 4 is 24.6 Å². The molecule has 0 radical (unpaired) electrons. The summed E-state index contributed by atoms with van der Waals surface area (Å²) in [6.45, 7) is 16.4. The van der Waals surface area contributed by atoms with Gasteiger partial charge in [-0.15, -0.1) is 0 Å². The van der Waals surface area contributed by atoms with Crippen LogP contribution in [-0.4, -0.2) is 69.7 Å². The monoisotopic (exact) mass is 448 g/mol. The Morgan fingerprint density at radius 3 is 2.28 bits per heavy atom. The van der Waals surface area contributed by atoms with Crippen LogP contribution in [0.2, 0.25) is 0 Å². The van der Waals surface area contributed by atoms with Crippen LogP contribution in [0.5, 0.6) is 0 Å². The Morgan fingerprint density at radius 2 is 1.75 bits per heavy atom. The zero-order valence-electron chi connectivity index (χ0n) is 20.6.